The van der Waals surface area contributed by atoms with Crippen LogP contribution in [0.3, 0.4) is 0 Å². The van der Waals surface area contributed by atoms with Gasteiger partial charge in [-0.25, -0.2) is 4.39 Å². The zero-order chi connectivity index (χ0) is 11.1. The number of hydrogen-bond donors (Lipinski definition) is 0. The maximum atomic E-state index is 13.4. The number of carbonyl (C=O) groups is 1. The van der Waals surface area contributed by atoms with E-state index in [9.17, 15) is 9.18 Å². The van der Waals surface area contributed by atoms with Crippen LogP contribution in [-0.4, -0.2) is 41.1 Å². The minimum atomic E-state index is -0.559. The Morgan fingerprint density at radius 3 is 3.12 bits per heavy atom. The SMILES string of the molecule is O=C(c1ccncc1F)N1C[C@H]2C[C@H]1CO2. The number of aromatic nitrogens is 1. The average Bonchev–Trinajstić information content (AvgIpc) is 2.90. The highest BCUT2D eigenvalue weighted by molar-refractivity contribution is 5.94. The molecule has 0 saturated carbocycles. The Morgan fingerprint density at radius 2 is 2.50 bits per heavy atom. The Balaban J connectivity index is 1.86. The fourth-order valence-electron chi connectivity index (χ4n) is 2.35. The van der Waals surface area contributed by atoms with Crippen molar-refractivity contribution < 1.29 is 13.9 Å². The summed E-state index contributed by atoms with van der Waals surface area (Å²) in [5, 5.41) is 0. The largest absolute Gasteiger partial charge is 0.374 e. The van der Waals surface area contributed by atoms with Gasteiger partial charge in [0.2, 0.25) is 0 Å². The van der Waals surface area contributed by atoms with Gasteiger partial charge >= 0.3 is 0 Å². The molecular formula is C11H11FN2O2. The highest BCUT2D eigenvalue weighted by atomic mass is 19.1. The van der Waals surface area contributed by atoms with Crippen molar-refractivity contribution in [1.29, 1.82) is 0 Å². The molecule has 2 fully saturated rings. The minimum Gasteiger partial charge on any atom is -0.374 e. The molecule has 2 saturated heterocycles. The Hall–Kier alpha value is -1.49. The standard InChI is InChI=1S/C11H11FN2O2/c12-10-4-13-2-1-9(10)11(15)14-5-8-3-7(14)6-16-8/h1-2,4,7-8H,3,5-6H2/t7-,8+/m0/s1. The zero-order valence-electron chi connectivity index (χ0n) is 8.60. The molecule has 0 aromatic carbocycles. The second-order valence-corrected chi connectivity index (χ2v) is 4.16. The molecule has 1 aromatic rings. The van der Waals surface area contributed by atoms with Crippen molar-refractivity contribution in [3.63, 3.8) is 0 Å². The molecule has 0 N–H and O–H groups in total. The number of carbonyl (C=O) groups excluding carboxylic acids is 1. The minimum absolute atomic E-state index is 0.0996. The van der Waals surface area contributed by atoms with E-state index < -0.39 is 5.82 Å². The number of pyridine rings is 1. The van der Waals surface area contributed by atoms with E-state index in [-0.39, 0.29) is 23.6 Å². The van der Waals surface area contributed by atoms with Gasteiger partial charge in [-0.2, -0.15) is 0 Å². The van der Waals surface area contributed by atoms with Crippen LogP contribution in [0.25, 0.3) is 0 Å². The number of rotatable bonds is 1. The summed E-state index contributed by atoms with van der Waals surface area (Å²) in [4.78, 5) is 17.4. The quantitative estimate of drug-likeness (QED) is 0.707. The van der Waals surface area contributed by atoms with Gasteiger partial charge < -0.3 is 9.64 Å². The highest BCUT2D eigenvalue weighted by Crippen LogP contribution is 2.29. The molecule has 16 heavy (non-hydrogen) atoms. The highest BCUT2D eigenvalue weighted by Gasteiger charge is 2.42. The number of ether oxygens (including phenoxy) is 1. The summed E-state index contributed by atoms with van der Waals surface area (Å²) in [6.45, 7) is 1.15. The molecule has 84 valence electrons. The molecule has 1 aromatic heterocycles. The number of likely N-dealkylation sites (tertiary alicyclic amines) is 1. The molecule has 0 unspecified atom stereocenters. The summed E-state index contributed by atoms with van der Waals surface area (Å²) in [6.07, 6.45) is 3.51. The second-order valence-electron chi connectivity index (χ2n) is 4.16. The van der Waals surface area contributed by atoms with Crippen LogP contribution in [0.2, 0.25) is 0 Å². The Kier molecular flexibility index (Phi) is 2.14. The predicted molar refractivity (Wildman–Crippen MR) is 53.4 cm³/mol. The van der Waals surface area contributed by atoms with Gasteiger partial charge in [-0.3, -0.25) is 9.78 Å². The average molecular weight is 222 g/mol. The van der Waals surface area contributed by atoms with Gasteiger partial charge in [-0.05, 0) is 12.5 Å². The van der Waals surface area contributed by atoms with Crippen molar-refractivity contribution in [3.8, 4) is 0 Å². The van der Waals surface area contributed by atoms with E-state index in [1.54, 1.807) is 4.90 Å². The van der Waals surface area contributed by atoms with Gasteiger partial charge in [0, 0.05) is 12.7 Å². The molecular weight excluding hydrogens is 211 g/mol. The van der Waals surface area contributed by atoms with Crippen LogP contribution in [-0.2, 0) is 4.74 Å². The van der Waals surface area contributed by atoms with Crippen LogP contribution in [0.4, 0.5) is 4.39 Å². The maximum absolute atomic E-state index is 13.4. The lowest BCUT2D eigenvalue weighted by Crippen LogP contribution is -2.41. The van der Waals surface area contributed by atoms with Crippen molar-refractivity contribution >= 4 is 5.91 Å². The van der Waals surface area contributed by atoms with Crippen LogP contribution in [0.1, 0.15) is 16.8 Å². The third-order valence-electron chi connectivity index (χ3n) is 3.16. The molecule has 2 aliphatic rings. The van der Waals surface area contributed by atoms with Gasteiger partial charge in [0.25, 0.3) is 5.91 Å². The van der Waals surface area contributed by atoms with Gasteiger partial charge in [0.1, 0.15) is 0 Å². The lowest BCUT2D eigenvalue weighted by Gasteiger charge is -2.26. The predicted octanol–water partition coefficient (Wildman–Crippen LogP) is 0.834. The Labute approximate surface area is 92.0 Å². The molecule has 2 atom stereocenters. The van der Waals surface area contributed by atoms with Gasteiger partial charge in [0.05, 0.1) is 30.5 Å². The van der Waals surface area contributed by atoms with Crippen molar-refractivity contribution in [2.45, 2.75) is 18.6 Å². The van der Waals surface area contributed by atoms with Crippen LogP contribution in [0.15, 0.2) is 18.5 Å². The van der Waals surface area contributed by atoms with E-state index >= 15 is 0 Å². The summed E-state index contributed by atoms with van der Waals surface area (Å²) in [7, 11) is 0. The first kappa shape index (κ1) is 9.72. The number of halogens is 1. The summed E-state index contributed by atoms with van der Waals surface area (Å²) in [5.74, 6) is -0.813. The van der Waals surface area contributed by atoms with Crippen molar-refractivity contribution in [2.75, 3.05) is 13.2 Å². The molecule has 3 heterocycles. The fourth-order valence-corrected chi connectivity index (χ4v) is 2.35. The van der Waals surface area contributed by atoms with Gasteiger partial charge in [0.15, 0.2) is 5.82 Å². The molecule has 2 aliphatic heterocycles. The monoisotopic (exact) mass is 222 g/mol. The molecule has 3 rings (SSSR count). The second kappa shape index (κ2) is 3.52. The third kappa shape index (κ3) is 1.39. The summed E-state index contributed by atoms with van der Waals surface area (Å²) in [5.41, 5.74) is 0.0996. The first-order valence-electron chi connectivity index (χ1n) is 5.28. The summed E-state index contributed by atoms with van der Waals surface area (Å²) >= 11 is 0. The van der Waals surface area contributed by atoms with Crippen LogP contribution < -0.4 is 0 Å². The molecule has 0 radical (unpaired) electrons. The zero-order valence-corrected chi connectivity index (χ0v) is 8.60. The van der Waals surface area contributed by atoms with E-state index in [1.165, 1.54) is 12.3 Å². The van der Waals surface area contributed by atoms with Crippen molar-refractivity contribution in [3.05, 3.63) is 29.8 Å². The number of amides is 1. The molecule has 1 amide bonds. The molecule has 0 aliphatic carbocycles. The maximum Gasteiger partial charge on any atom is 0.257 e. The Bertz CT molecular complexity index is 438. The van der Waals surface area contributed by atoms with E-state index in [4.69, 9.17) is 4.74 Å². The molecule has 4 nitrogen and oxygen atoms in total. The van der Waals surface area contributed by atoms with Crippen molar-refractivity contribution in [1.82, 2.24) is 9.88 Å². The molecule has 2 bridgehead atoms. The first-order chi connectivity index (χ1) is 7.75. The van der Waals surface area contributed by atoms with E-state index in [1.807, 2.05) is 0 Å². The van der Waals surface area contributed by atoms with Gasteiger partial charge in [-0.15, -0.1) is 0 Å². The first-order valence-corrected chi connectivity index (χ1v) is 5.28. The van der Waals surface area contributed by atoms with E-state index in [0.29, 0.717) is 13.2 Å². The van der Waals surface area contributed by atoms with Gasteiger partial charge in [-0.1, -0.05) is 0 Å². The summed E-state index contributed by atoms with van der Waals surface area (Å²) < 4.78 is 18.8. The number of morpholine rings is 1. The van der Waals surface area contributed by atoms with E-state index in [0.717, 1.165) is 12.6 Å². The number of nitrogens with zero attached hydrogens (tertiary/aromatic N) is 2. The topological polar surface area (TPSA) is 42.4 Å². The fraction of sp³-hybridized carbons (Fsp3) is 0.455. The van der Waals surface area contributed by atoms with Crippen LogP contribution in [0.5, 0.6) is 0 Å². The third-order valence-corrected chi connectivity index (χ3v) is 3.16. The lowest BCUT2D eigenvalue weighted by atomic mass is 10.2. The lowest BCUT2D eigenvalue weighted by molar-refractivity contribution is 0.0256. The number of hydrogen-bond acceptors (Lipinski definition) is 3. The van der Waals surface area contributed by atoms with Crippen molar-refractivity contribution in [2.24, 2.45) is 0 Å². The smallest absolute Gasteiger partial charge is 0.257 e. The van der Waals surface area contributed by atoms with Crippen LogP contribution >= 0.6 is 0 Å². The summed E-state index contributed by atoms with van der Waals surface area (Å²) in [6, 6.07) is 1.54. The molecule has 0 spiro atoms. The molecule has 5 heteroatoms. The number of fused-ring (bicyclic) bond motifs is 2. The van der Waals surface area contributed by atoms with Crippen LogP contribution in [0, 0.1) is 5.82 Å². The van der Waals surface area contributed by atoms with E-state index in [2.05, 4.69) is 4.98 Å². The Morgan fingerprint density at radius 1 is 1.62 bits per heavy atom. The normalized spacial score (nSPS) is 27.4.